The Balaban J connectivity index is 2.80. The number of hydrogen-bond acceptors (Lipinski definition) is 4. The van der Waals surface area contributed by atoms with Gasteiger partial charge in [-0.1, -0.05) is 99.5 Å². The fourth-order valence-electron chi connectivity index (χ4n) is 3.87. The summed E-state index contributed by atoms with van der Waals surface area (Å²) in [6.45, 7) is 18.4. The van der Waals surface area contributed by atoms with Crippen LogP contribution in [0.3, 0.4) is 0 Å². The Labute approximate surface area is 220 Å². The van der Waals surface area contributed by atoms with Crippen molar-refractivity contribution in [2.75, 3.05) is 76.9 Å². The molecule has 0 atom stereocenters. The summed E-state index contributed by atoms with van der Waals surface area (Å²) in [5.41, 5.74) is 0. The summed E-state index contributed by atoms with van der Waals surface area (Å²) in [5, 5.41) is 5.93. The maximum absolute atomic E-state index is 5.99. The summed E-state index contributed by atoms with van der Waals surface area (Å²) in [4.78, 5) is 0. The molecular formula is C22H38P6S4. The predicted octanol–water partition coefficient (Wildman–Crippen LogP) is 7.84. The van der Waals surface area contributed by atoms with Gasteiger partial charge < -0.3 is 0 Å². The topological polar surface area (TPSA) is 0 Å². The molecule has 0 amide bonds. The second-order valence-electron chi connectivity index (χ2n) is 10.6. The zero-order chi connectivity index (χ0) is 24.5. The van der Waals surface area contributed by atoms with E-state index in [0.29, 0.717) is 0 Å². The van der Waals surface area contributed by atoms with Crippen LogP contribution >= 0.6 is 40.0 Å². The molecule has 10 heteroatoms. The van der Waals surface area contributed by atoms with Gasteiger partial charge in [0.15, 0.2) is 0 Å². The van der Waals surface area contributed by atoms with E-state index in [9.17, 15) is 0 Å². The van der Waals surface area contributed by atoms with Crippen molar-refractivity contribution >= 4 is 109 Å². The first-order valence-electron chi connectivity index (χ1n) is 10.5. The average Bonchev–Trinajstić information content (AvgIpc) is 2.54. The molecule has 0 heterocycles. The van der Waals surface area contributed by atoms with Crippen molar-refractivity contribution in [1.29, 1.82) is 0 Å². The molecule has 0 aliphatic rings. The van der Waals surface area contributed by atoms with E-state index in [2.05, 4.69) is 89.7 Å². The van der Waals surface area contributed by atoms with Crippen molar-refractivity contribution in [3.05, 3.63) is 36.4 Å². The molecule has 0 saturated carbocycles. The smallest absolute Gasteiger partial charge is 0.000946 e. The fraction of sp³-hybridized carbons (Fsp3) is 0.545. The third-order valence-electron chi connectivity index (χ3n) is 4.59. The molecule has 180 valence electrons. The lowest BCUT2D eigenvalue weighted by Crippen LogP contribution is -2.17. The standard InChI is InChI=1S/C22H38P6S4/c1-25(2,29)15-23(16-26(3,4)30)20-13-9-11-19-12-10-14-21(22(19)20)24(17-27(5,6)31)18-28(7,8)32/h9-14H,15-18H2,1-8H3. The van der Waals surface area contributed by atoms with Crippen LogP contribution in [0.5, 0.6) is 0 Å². The second-order valence-corrected chi connectivity index (χ2v) is 42.7. The van der Waals surface area contributed by atoms with Crippen LogP contribution < -0.4 is 10.6 Å². The third kappa shape index (κ3) is 10.6. The molecule has 0 aliphatic heterocycles. The van der Waals surface area contributed by atoms with Crippen molar-refractivity contribution in [3.63, 3.8) is 0 Å². The normalized spacial score (nSPS) is 13.9. The number of fused-ring (bicyclic) bond motifs is 1. The number of hydrogen-bond donors (Lipinski definition) is 0. The molecule has 0 N–H and O–H groups in total. The molecule has 0 nitrogen and oxygen atoms in total. The maximum atomic E-state index is 5.99. The van der Waals surface area contributed by atoms with Gasteiger partial charge in [0, 0.05) is 23.6 Å². The number of rotatable bonds is 10. The Morgan fingerprint density at radius 1 is 0.531 bits per heavy atom. The summed E-state index contributed by atoms with van der Waals surface area (Å²) >= 11 is 24.0. The molecule has 2 aromatic rings. The summed E-state index contributed by atoms with van der Waals surface area (Å²) in [5.74, 6) is 4.62. The van der Waals surface area contributed by atoms with Gasteiger partial charge in [-0.05, 0) is 98.9 Å². The lowest BCUT2D eigenvalue weighted by molar-refractivity contribution is 1.78. The van der Waals surface area contributed by atoms with Gasteiger partial charge in [-0.3, -0.25) is 0 Å². The van der Waals surface area contributed by atoms with Gasteiger partial charge in [0.05, 0.1) is 0 Å². The second kappa shape index (κ2) is 11.7. The van der Waals surface area contributed by atoms with E-state index < -0.39 is 24.2 Å². The van der Waals surface area contributed by atoms with E-state index in [-0.39, 0.29) is 15.8 Å². The van der Waals surface area contributed by atoms with Crippen LogP contribution in [-0.4, -0.2) is 76.9 Å². The zero-order valence-electron chi connectivity index (χ0n) is 20.6. The van der Waals surface area contributed by atoms with Crippen LogP contribution in [0.2, 0.25) is 0 Å². The molecule has 32 heavy (non-hydrogen) atoms. The quantitative estimate of drug-likeness (QED) is 0.250. The third-order valence-corrected chi connectivity index (χ3v) is 27.2. The molecule has 0 bridgehead atoms. The Morgan fingerprint density at radius 3 is 1.06 bits per heavy atom. The SMILES string of the molecule is CP(C)(=S)CP(CP(C)(C)=S)c1cccc2cccc(P(CP(C)(C)=S)CP(C)(C)=S)c12. The molecule has 0 aliphatic carbocycles. The number of benzene rings is 2. The van der Waals surface area contributed by atoms with Gasteiger partial charge >= 0.3 is 0 Å². The van der Waals surface area contributed by atoms with Crippen LogP contribution in [0, 0.1) is 0 Å². The molecule has 2 aromatic carbocycles. The Kier molecular flexibility index (Phi) is 11.1. The molecule has 2 rings (SSSR count). The molecule has 0 radical (unpaired) electrons. The lowest BCUT2D eigenvalue weighted by Gasteiger charge is -2.30. The monoisotopic (exact) mass is 616 g/mol. The maximum Gasteiger partial charge on any atom is 0.000946 e. The molecule has 0 fully saturated rings. The van der Waals surface area contributed by atoms with Gasteiger partial charge in [0.2, 0.25) is 0 Å². The molecule has 0 spiro atoms. The highest BCUT2D eigenvalue weighted by molar-refractivity contribution is 8.20. The van der Waals surface area contributed by atoms with Gasteiger partial charge in [0.1, 0.15) is 0 Å². The Hall–Kier alpha value is 2.16. The predicted molar refractivity (Wildman–Crippen MR) is 181 cm³/mol. The Morgan fingerprint density at radius 2 is 0.812 bits per heavy atom. The van der Waals surface area contributed by atoms with Crippen LogP contribution in [0.1, 0.15) is 0 Å². The van der Waals surface area contributed by atoms with Crippen molar-refractivity contribution < 1.29 is 0 Å². The zero-order valence-corrected chi connectivity index (χ0v) is 29.2. The summed E-state index contributed by atoms with van der Waals surface area (Å²) in [6.07, 6.45) is 0. The molecule has 0 aromatic heterocycles. The highest BCUT2D eigenvalue weighted by atomic mass is 32.5. The fourth-order valence-corrected chi connectivity index (χ4v) is 28.6. The van der Waals surface area contributed by atoms with E-state index in [1.165, 1.54) is 21.4 Å². The van der Waals surface area contributed by atoms with E-state index >= 15 is 0 Å². The van der Waals surface area contributed by atoms with Crippen molar-refractivity contribution in [1.82, 2.24) is 0 Å². The van der Waals surface area contributed by atoms with Gasteiger partial charge in [-0.15, -0.1) is 0 Å². The van der Waals surface area contributed by atoms with E-state index in [0.717, 1.165) is 23.6 Å². The van der Waals surface area contributed by atoms with E-state index in [1.807, 2.05) is 0 Å². The minimum absolute atomic E-state index is 0.372. The molecule has 0 unspecified atom stereocenters. The highest BCUT2D eigenvalue weighted by Crippen LogP contribution is 2.62. The minimum atomic E-state index is -1.34. The van der Waals surface area contributed by atoms with Gasteiger partial charge in [-0.2, -0.15) is 0 Å². The summed E-state index contributed by atoms with van der Waals surface area (Å²) < 4.78 is 0. The van der Waals surface area contributed by atoms with Crippen LogP contribution in [-0.2, 0) is 47.2 Å². The van der Waals surface area contributed by atoms with E-state index in [1.54, 1.807) is 0 Å². The minimum Gasteiger partial charge on any atom is -0.0977 e. The van der Waals surface area contributed by atoms with E-state index in [4.69, 9.17) is 47.2 Å². The van der Waals surface area contributed by atoms with Crippen LogP contribution in [0.4, 0.5) is 0 Å². The first-order chi connectivity index (χ1) is 14.3. The van der Waals surface area contributed by atoms with Crippen molar-refractivity contribution in [2.45, 2.75) is 0 Å². The van der Waals surface area contributed by atoms with Crippen molar-refractivity contribution in [3.8, 4) is 0 Å². The van der Waals surface area contributed by atoms with Crippen LogP contribution in [0.25, 0.3) is 10.8 Å². The van der Waals surface area contributed by atoms with Crippen molar-refractivity contribution in [2.24, 2.45) is 0 Å². The van der Waals surface area contributed by atoms with Gasteiger partial charge in [-0.25, -0.2) is 0 Å². The first-order valence-corrected chi connectivity index (χ1v) is 29.5. The van der Waals surface area contributed by atoms with Crippen LogP contribution in [0.15, 0.2) is 36.4 Å². The summed E-state index contributed by atoms with van der Waals surface area (Å²) in [6, 6.07) is 8.48. The largest absolute Gasteiger partial charge is 0.0977 e. The molecular weight excluding hydrogens is 578 g/mol. The Bertz CT molecular complexity index is 1020. The average molecular weight is 617 g/mol. The lowest BCUT2D eigenvalue weighted by atomic mass is 10.1. The molecule has 0 saturated heterocycles. The summed E-state index contributed by atoms with van der Waals surface area (Å²) in [7, 11) is -0.744. The highest BCUT2D eigenvalue weighted by Gasteiger charge is 2.26. The van der Waals surface area contributed by atoms with Gasteiger partial charge in [0.25, 0.3) is 0 Å². The first kappa shape index (κ1) is 30.4.